The third-order valence-corrected chi connectivity index (χ3v) is 4.53. The number of anilines is 1. The Morgan fingerprint density at radius 3 is 2.68 bits per heavy atom. The number of carbonyl (C=O) groups excluding carboxylic acids is 1. The number of benzene rings is 1. The Morgan fingerprint density at radius 1 is 1.32 bits per heavy atom. The highest BCUT2D eigenvalue weighted by atomic mass is 32.1. The second kappa shape index (κ2) is 6.44. The topological polar surface area (TPSA) is 64.1 Å². The van der Waals surface area contributed by atoms with Gasteiger partial charge in [0, 0.05) is 5.92 Å². The Hall–Kier alpha value is -1.95. The van der Waals surface area contributed by atoms with Crippen LogP contribution in [0.5, 0.6) is 5.75 Å². The predicted octanol–water partition coefficient (Wildman–Crippen LogP) is 3.56. The van der Waals surface area contributed by atoms with Crippen molar-refractivity contribution in [1.29, 1.82) is 0 Å². The van der Waals surface area contributed by atoms with Crippen molar-refractivity contribution in [2.24, 2.45) is 0 Å². The van der Waals surface area contributed by atoms with Crippen LogP contribution in [0.1, 0.15) is 49.1 Å². The number of amides is 1. The second-order valence-corrected chi connectivity index (χ2v) is 6.79. The molecule has 6 heteroatoms. The Kier molecular flexibility index (Phi) is 4.38. The van der Waals surface area contributed by atoms with Crippen LogP contribution in [0.15, 0.2) is 24.3 Å². The van der Waals surface area contributed by atoms with Gasteiger partial charge in [0.15, 0.2) is 6.61 Å². The molecule has 0 aliphatic heterocycles. The van der Waals surface area contributed by atoms with Gasteiger partial charge in [-0.05, 0) is 36.5 Å². The van der Waals surface area contributed by atoms with Crippen molar-refractivity contribution in [2.75, 3.05) is 11.9 Å². The maximum atomic E-state index is 11.9. The molecule has 1 aromatic carbocycles. The van der Waals surface area contributed by atoms with Crippen LogP contribution in [0.3, 0.4) is 0 Å². The second-order valence-electron chi connectivity index (χ2n) is 5.78. The minimum absolute atomic E-state index is 0.0284. The summed E-state index contributed by atoms with van der Waals surface area (Å²) in [6, 6.07) is 7.81. The van der Waals surface area contributed by atoms with E-state index in [9.17, 15) is 4.79 Å². The van der Waals surface area contributed by atoms with E-state index in [-0.39, 0.29) is 12.5 Å². The average molecular weight is 317 g/mol. The minimum atomic E-state index is -0.216. The van der Waals surface area contributed by atoms with Gasteiger partial charge in [-0.15, -0.1) is 10.2 Å². The fourth-order valence-corrected chi connectivity index (χ4v) is 2.96. The molecule has 1 aliphatic rings. The van der Waals surface area contributed by atoms with Gasteiger partial charge < -0.3 is 4.74 Å². The van der Waals surface area contributed by atoms with E-state index in [0.29, 0.717) is 22.7 Å². The summed E-state index contributed by atoms with van der Waals surface area (Å²) < 4.78 is 5.49. The van der Waals surface area contributed by atoms with Crippen molar-refractivity contribution in [1.82, 2.24) is 10.2 Å². The highest BCUT2D eigenvalue weighted by Gasteiger charge is 2.27. The first-order chi connectivity index (χ1) is 10.6. The van der Waals surface area contributed by atoms with Crippen LogP contribution in [0, 0.1) is 0 Å². The molecule has 5 nitrogen and oxygen atoms in total. The number of hydrogen-bond donors (Lipinski definition) is 1. The normalized spacial score (nSPS) is 14.1. The molecule has 1 heterocycles. The molecule has 22 heavy (non-hydrogen) atoms. The standard InChI is InChI=1S/C16H19N3O2S/c1-10(2)11-5-7-13(8-6-11)21-9-14(20)17-16-19-18-15(22-16)12-3-4-12/h5-8,10,12H,3-4,9H2,1-2H3,(H,17,19,20). The molecule has 1 amide bonds. The first-order valence-corrected chi connectivity index (χ1v) is 8.29. The van der Waals surface area contributed by atoms with E-state index in [0.717, 1.165) is 5.01 Å². The number of rotatable bonds is 6. The Morgan fingerprint density at radius 2 is 2.05 bits per heavy atom. The van der Waals surface area contributed by atoms with E-state index in [2.05, 4.69) is 29.4 Å². The van der Waals surface area contributed by atoms with E-state index in [1.165, 1.54) is 29.7 Å². The van der Waals surface area contributed by atoms with Crippen molar-refractivity contribution in [2.45, 2.75) is 38.5 Å². The van der Waals surface area contributed by atoms with Crippen LogP contribution in [0.4, 0.5) is 5.13 Å². The molecule has 0 bridgehead atoms. The quantitative estimate of drug-likeness (QED) is 0.885. The molecule has 1 aliphatic carbocycles. The summed E-state index contributed by atoms with van der Waals surface area (Å²) in [5, 5.41) is 12.4. The molecule has 0 radical (unpaired) electrons. The molecule has 1 saturated carbocycles. The Balaban J connectivity index is 1.48. The molecule has 1 N–H and O–H groups in total. The molecule has 1 aromatic heterocycles. The lowest BCUT2D eigenvalue weighted by Gasteiger charge is -2.08. The fraction of sp³-hybridized carbons (Fsp3) is 0.438. The van der Waals surface area contributed by atoms with Gasteiger partial charge in [-0.3, -0.25) is 10.1 Å². The maximum absolute atomic E-state index is 11.9. The molecule has 0 unspecified atom stereocenters. The number of carbonyl (C=O) groups is 1. The lowest BCUT2D eigenvalue weighted by atomic mass is 10.0. The van der Waals surface area contributed by atoms with Crippen LogP contribution in [0.2, 0.25) is 0 Å². The lowest BCUT2D eigenvalue weighted by Crippen LogP contribution is -2.20. The summed E-state index contributed by atoms with van der Waals surface area (Å²) in [7, 11) is 0. The van der Waals surface area contributed by atoms with Crippen molar-refractivity contribution in [3.8, 4) is 5.75 Å². The van der Waals surface area contributed by atoms with Crippen LogP contribution < -0.4 is 10.1 Å². The molecule has 0 spiro atoms. The zero-order chi connectivity index (χ0) is 15.5. The Bertz CT molecular complexity index is 648. The van der Waals surface area contributed by atoms with Crippen molar-refractivity contribution < 1.29 is 9.53 Å². The van der Waals surface area contributed by atoms with Crippen LogP contribution >= 0.6 is 11.3 Å². The number of aromatic nitrogens is 2. The largest absolute Gasteiger partial charge is 0.484 e. The molecule has 3 rings (SSSR count). The molecule has 2 aromatic rings. The third-order valence-electron chi connectivity index (χ3n) is 3.53. The maximum Gasteiger partial charge on any atom is 0.264 e. The van der Waals surface area contributed by atoms with E-state index in [1.54, 1.807) is 0 Å². The minimum Gasteiger partial charge on any atom is -0.484 e. The fourth-order valence-electron chi connectivity index (χ4n) is 2.03. The molecular formula is C16H19N3O2S. The van der Waals surface area contributed by atoms with Gasteiger partial charge in [-0.25, -0.2) is 0 Å². The SMILES string of the molecule is CC(C)c1ccc(OCC(=O)Nc2nnc(C3CC3)s2)cc1. The Labute approximate surface area is 133 Å². The van der Waals surface area contributed by atoms with E-state index in [4.69, 9.17) is 4.74 Å². The van der Waals surface area contributed by atoms with Gasteiger partial charge in [-0.2, -0.15) is 0 Å². The lowest BCUT2D eigenvalue weighted by molar-refractivity contribution is -0.118. The molecule has 0 atom stereocenters. The van der Waals surface area contributed by atoms with E-state index < -0.39 is 0 Å². The summed E-state index contributed by atoms with van der Waals surface area (Å²) in [5.74, 6) is 1.51. The van der Waals surface area contributed by atoms with Gasteiger partial charge >= 0.3 is 0 Å². The first-order valence-electron chi connectivity index (χ1n) is 7.48. The smallest absolute Gasteiger partial charge is 0.264 e. The first kappa shape index (κ1) is 15.0. The van der Waals surface area contributed by atoms with Crippen LogP contribution in [0.25, 0.3) is 0 Å². The molecule has 116 valence electrons. The summed E-state index contributed by atoms with van der Waals surface area (Å²) >= 11 is 1.45. The van der Waals surface area contributed by atoms with Gasteiger partial charge in [0.05, 0.1) is 0 Å². The summed E-state index contributed by atoms with van der Waals surface area (Å²) in [6.45, 7) is 4.25. The number of ether oxygens (including phenoxy) is 1. The zero-order valence-electron chi connectivity index (χ0n) is 12.7. The van der Waals surface area contributed by atoms with Gasteiger partial charge in [-0.1, -0.05) is 37.3 Å². The van der Waals surface area contributed by atoms with E-state index >= 15 is 0 Å². The predicted molar refractivity (Wildman–Crippen MR) is 86.5 cm³/mol. The average Bonchev–Trinajstić information content (AvgIpc) is 3.26. The molecular weight excluding hydrogens is 298 g/mol. The van der Waals surface area contributed by atoms with Crippen molar-refractivity contribution in [3.63, 3.8) is 0 Å². The monoisotopic (exact) mass is 317 g/mol. The van der Waals surface area contributed by atoms with Crippen molar-refractivity contribution in [3.05, 3.63) is 34.8 Å². The van der Waals surface area contributed by atoms with Crippen molar-refractivity contribution >= 4 is 22.4 Å². The van der Waals surface area contributed by atoms with Gasteiger partial charge in [0.1, 0.15) is 10.8 Å². The number of nitrogens with one attached hydrogen (secondary N) is 1. The van der Waals surface area contributed by atoms with Crippen LogP contribution in [-0.4, -0.2) is 22.7 Å². The summed E-state index contributed by atoms with van der Waals surface area (Å²) in [5.41, 5.74) is 1.25. The molecule has 0 saturated heterocycles. The summed E-state index contributed by atoms with van der Waals surface area (Å²) in [4.78, 5) is 11.9. The highest BCUT2D eigenvalue weighted by Crippen LogP contribution is 2.41. The van der Waals surface area contributed by atoms with Gasteiger partial charge in [0.25, 0.3) is 5.91 Å². The van der Waals surface area contributed by atoms with Gasteiger partial charge in [0.2, 0.25) is 5.13 Å². The van der Waals surface area contributed by atoms with E-state index in [1.807, 2.05) is 24.3 Å². The summed E-state index contributed by atoms with van der Waals surface area (Å²) in [6.07, 6.45) is 2.36. The molecule has 1 fully saturated rings. The number of nitrogens with zero attached hydrogens (tertiary/aromatic N) is 2. The number of hydrogen-bond acceptors (Lipinski definition) is 5. The third kappa shape index (κ3) is 3.82. The highest BCUT2D eigenvalue weighted by molar-refractivity contribution is 7.15. The zero-order valence-corrected chi connectivity index (χ0v) is 13.5. The van der Waals surface area contributed by atoms with Crippen LogP contribution in [-0.2, 0) is 4.79 Å².